The predicted octanol–water partition coefficient (Wildman–Crippen LogP) is 5.80. The first-order chi connectivity index (χ1) is 19.6. The van der Waals surface area contributed by atoms with Gasteiger partial charge in [-0.1, -0.05) is 54.6 Å². The molecule has 0 fully saturated rings. The topological polar surface area (TPSA) is 88.6 Å². The van der Waals surface area contributed by atoms with Gasteiger partial charge in [-0.2, -0.15) is 5.10 Å². The van der Waals surface area contributed by atoms with E-state index in [-0.39, 0.29) is 12.5 Å². The smallest absolute Gasteiger partial charge is 0.230 e. The van der Waals surface area contributed by atoms with Crippen LogP contribution in [0.1, 0.15) is 39.7 Å². The van der Waals surface area contributed by atoms with Gasteiger partial charge < -0.3 is 14.2 Å². The number of benzene rings is 3. The highest BCUT2D eigenvalue weighted by Gasteiger charge is 2.39. The van der Waals surface area contributed by atoms with Crippen LogP contribution in [-0.2, 0) is 6.61 Å². The highest BCUT2D eigenvalue weighted by molar-refractivity contribution is 5.67. The predicted molar refractivity (Wildman–Crippen MR) is 149 cm³/mol. The molecular weight excluding hydrogens is 504 g/mol. The van der Waals surface area contributed by atoms with Crippen LogP contribution in [0.15, 0.2) is 85.2 Å². The van der Waals surface area contributed by atoms with Crippen molar-refractivity contribution in [3.63, 3.8) is 0 Å². The number of aromatic nitrogens is 6. The Morgan fingerprint density at radius 1 is 0.850 bits per heavy atom. The summed E-state index contributed by atoms with van der Waals surface area (Å²) in [6.45, 7) is 4.23. The Kier molecular flexibility index (Phi) is 5.70. The first-order valence-electron chi connectivity index (χ1n) is 13.0. The van der Waals surface area contributed by atoms with Gasteiger partial charge >= 0.3 is 0 Å². The molecule has 1 atom stereocenters. The third-order valence-corrected chi connectivity index (χ3v) is 7.17. The van der Waals surface area contributed by atoms with Gasteiger partial charge in [0.1, 0.15) is 24.4 Å². The number of aryl methyl sites for hydroxylation is 2. The number of methoxy groups -OCH3 is 1. The van der Waals surface area contributed by atoms with Crippen LogP contribution in [0.5, 0.6) is 23.3 Å². The SMILES string of the molecule is COc1ccccc1C1c2c(C)nn(-c3ccccc3)c2Oc2ncn3nc(COc4ccccc4C)nc3c21. The largest absolute Gasteiger partial charge is 0.496 e. The van der Waals surface area contributed by atoms with Crippen LogP contribution < -0.4 is 14.2 Å². The molecule has 0 saturated heterocycles. The van der Waals surface area contributed by atoms with Crippen molar-refractivity contribution in [2.24, 2.45) is 0 Å². The van der Waals surface area contributed by atoms with Gasteiger partial charge in [0.15, 0.2) is 11.5 Å². The molecule has 198 valence electrons. The lowest BCUT2D eigenvalue weighted by atomic mass is 9.84. The minimum Gasteiger partial charge on any atom is -0.496 e. The maximum absolute atomic E-state index is 6.51. The normalized spacial score (nSPS) is 13.9. The van der Waals surface area contributed by atoms with Crippen molar-refractivity contribution in [1.82, 2.24) is 29.4 Å². The molecule has 0 bridgehead atoms. The van der Waals surface area contributed by atoms with E-state index in [9.17, 15) is 0 Å². The molecule has 1 aliphatic heterocycles. The number of hydrogen-bond donors (Lipinski definition) is 0. The summed E-state index contributed by atoms with van der Waals surface area (Å²) in [4.78, 5) is 9.59. The second-order valence-electron chi connectivity index (χ2n) is 9.64. The lowest BCUT2D eigenvalue weighted by Crippen LogP contribution is -2.16. The summed E-state index contributed by atoms with van der Waals surface area (Å²) >= 11 is 0. The summed E-state index contributed by atoms with van der Waals surface area (Å²) < 4.78 is 21.9. The van der Waals surface area contributed by atoms with Gasteiger partial charge in [-0.3, -0.25) is 0 Å². The molecule has 6 aromatic rings. The minimum absolute atomic E-state index is 0.220. The molecule has 0 aliphatic carbocycles. The highest BCUT2D eigenvalue weighted by atomic mass is 16.5. The van der Waals surface area contributed by atoms with Crippen molar-refractivity contribution in [3.05, 3.63) is 119 Å². The Morgan fingerprint density at radius 3 is 2.40 bits per heavy atom. The molecule has 0 radical (unpaired) electrons. The van der Waals surface area contributed by atoms with E-state index in [0.29, 0.717) is 23.2 Å². The average Bonchev–Trinajstić information content (AvgIpc) is 3.56. The average molecular weight is 531 g/mol. The Bertz CT molecular complexity index is 1860. The van der Waals surface area contributed by atoms with E-state index in [1.807, 2.05) is 91.3 Å². The van der Waals surface area contributed by atoms with E-state index in [4.69, 9.17) is 24.3 Å². The number of nitrogens with zero attached hydrogens (tertiary/aromatic N) is 6. The molecule has 0 saturated carbocycles. The summed E-state index contributed by atoms with van der Waals surface area (Å²) in [7, 11) is 1.68. The second-order valence-corrected chi connectivity index (χ2v) is 9.64. The molecule has 3 aromatic carbocycles. The quantitative estimate of drug-likeness (QED) is 0.268. The second kappa shape index (κ2) is 9.53. The van der Waals surface area contributed by atoms with Crippen molar-refractivity contribution >= 4 is 5.65 Å². The lowest BCUT2D eigenvalue weighted by molar-refractivity contribution is 0.294. The van der Waals surface area contributed by atoms with E-state index in [0.717, 1.165) is 45.1 Å². The van der Waals surface area contributed by atoms with Gasteiger partial charge in [0.25, 0.3) is 0 Å². The zero-order valence-corrected chi connectivity index (χ0v) is 22.3. The van der Waals surface area contributed by atoms with Crippen molar-refractivity contribution in [2.45, 2.75) is 26.4 Å². The molecule has 4 heterocycles. The molecule has 9 nitrogen and oxygen atoms in total. The molecular formula is C31H26N6O3. The van der Waals surface area contributed by atoms with E-state index in [2.05, 4.69) is 16.1 Å². The van der Waals surface area contributed by atoms with Crippen molar-refractivity contribution in [2.75, 3.05) is 7.11 Å². The van der Waals surface area contributed by atoms with Crippen LogP contribution in [0.2, 0.25) is 0 Å². The fourth-order valence-corrected chi connectivity index (χ4v) is 5.30. The first-order valence-corrected chi connectivity index (χ1v) is 13.0. The van der Waals surface area contributed by atoms with Crippen LogP contribution in [0, 0.1) is 13.8 Å². The van der Waals surface area contributed by atoms with Gasteiger partial charge in [-0.15, -0.1) is 5.10 Å². The number of fused-ring (bicyclic) bond motifs is 4. The van der Waals surface area contributed by atoms with Crippen LogP contribution in [-0.4, -0.2) is 36.5 Å². The lowest BCUT2D eigenvalue weighted by Gasteiger charge is -2.27. The molecule has 7 rings (SSSR count). The molecule has 0 N–H and O–H groups in total. The van der Waals surface area contributed by atoms with Crippen LogP contribution in [0.4, 0.5) is 0 Å². The summed E-state index contributed by atoms with van der Waals surface area (Å²) in [5, 5.41) is 9.57. The van der Waals surface area contributed by atoms with Crippen molar-refractivity contribution in [3.8, 4) is 28.9 Å². The molecule has 3 aromatic heterocycles. The molecule has 40 heavy (non-hydrogen) atoms. The zero-order valence-electron chi connectivity index (χ0n) is 22.3. The summed E-state index contributed by atoms with van der Waals surface area (Å²) in [6.07, 6.45) is 1.62. The van der Waals surface area contributed by atoms with Gasteiger partial charge in [-0.25, -0.2) is 19.2 Å². The number of hydrogen-bond acceptors (Lipinski definition) is 7. The van der Waals surface area contributed by atoms with E-state index in [1.165, 1.54) is 0 Å². The molecule has 0 amide bonds. The molecule has 0 spiro atoms. The Morgan fingerprint density at radius 2 is 1.60 bits per heavy atom. The van der Waals surface area contributed by atoms with Gasteiger partial charge in [0.2, 0.25) is 11.8 Å². The van der Waals surface area contributed by atoms with Crippen molar-refractivity contribution < 1.29 is 14.2 Å². The van der Waals surface area contributed by atoms with Crippen LogP contribution >= 0.6 is 0 Å². The Hall–Kier alpha value is -5.18. The van der Waals surface area contributed by atoms with Crippen LogP contribution in [0.25, 0.3) is 11.3 Å². The van der Waals surface area contributed by atoms with Gasteiger partial charge in [0.05, 0.1) is 35.5 Å². The monoisotopic (exact) mass is 530 g/mol. The third kappa shape index (κ3) is 3.86. The summed E-state index contributed by atoms with van der Waals surface area (Å²) in [5.41, 5.74) is 6.11. The van der Waals surface area contributed by atoms with E-state index < -0.39 is 0 Å². The third-order valence-electron chi connectivity index (χ3n) is 7.17. The number of ether oxygens (including phenoxy) is 3. The minimum atomic E-state index is -0.308. The Labute approximate surface area is 230 Å². The maximum atomic E-state index is 6.51. The zero-order chi connectivity index (χ0) is 27.2. The number of rotatable bonds is 6. The van der Waals surface area contributed by atoms with Gasteiger partial charge in [-0.05, 0) is 43.7 Å². The Balaban J connectivity index is 1.40. The highest BCUT2D eigenvalue weighted by Crippen LogP contribution is 2.51. The van der Waals surface area contributed by atoms with E-state index >= 15 is 0 Å². The first kappa shape index (κ1) is 23.9. The van der Waals surface area contributed by atoms with Crippen molar-refractivity contribution in [1.29, 1.82) is 0 Å². The molecule has 1 aliphatic rings. The molecule has 1 unspecified atom stereocenters. The van der Waals surface area contributed by atoms with E-state index in [1.54, 1.807) is 18.0 Å². The summed E-state index contributed by atoms with van der Waals surface area (Å²) in [6, 6.07) is 25.8. The fourth-order valence-electron chi connectivity index (χ4n) is 5.30. The van der Waals surface area contributed by atoms with Crippen LogP contribution in [0.3, 0.4) is 0 Å². The standard InChI is InChI=1S/C31H26N6O3/c1-19-11-7-9-15-23(19)39-17-25-33-29-28-27(22-14-8-10-16-24(22)38-3)26-20(2)34-37(21-12-5-4-6-13-21)31(26)40-30(28)32-18-36(29)35-25/h4-16,18,27H,17H2,1-3H3. The maximum Gasteiger partial charge on any atom is 0.230 e. The summed E-state index contributed by atoms with van der Waals surface area (Å²) in [5.74, 6) is 2.85. The van der Waals surface area contributed by atoms with Gasteiger partial charge in [0, 0.05) is 5.56 Å². The molecule has 9 heteroatoms. The fraction of sp³-hybridized carbons (Fsp3) is 0.161. The number of para-hydroxylation sites is 3.